The number of hydrogen-bond donors (Lipinski definition) is 0. The zero-order valence-electron chi connectivity index (χ0n) is 10.5. The molecular weight excluding hydrogens is 313 g/mol. The van der Waals surface area contributed by atoms with Crippen molar-refractivity contribution in [1.82, 2.24) is 0 Å². The van der Waals surface area contributed by atoms with E-state index in [1.807, 2.05) is 6.07 Å². The standard InChI is InChI=1S/C15H11Cl2NOS/c16-12-3-6-14(17)15(9-12)20-8-7-19-13-4-1-11(10-18)2-5-13/h1-6,9H,7-8H2. The summed E-state index contributed by atoms with van der Waals surface area (Å²) in [5.41, 5.74) is 0.623. The molecule has 0 saturated heterocycles. The minimum Gasteiger partial charge on any atom is -0.493 e. The van der Waals surface area contributed by atoms with Gasteiger partial charge in [-0.05, 0) is 42.5 Å². The van der Waals surface area contributed by atoms with Gasteiger partial charge in [-0.3, -0.25) is 0 Å². The SMILES string of the molecule is N#Cc1ccc(OCCSc2cc(Cl)ccc2Cl)cc1. The van der Waals surface area contributed by atoms with Gasteiger partial charge in [-0.2, -0.15) is 5.26 Å². The maximum absolute atomic E-state index is 8.70. The monoisotopic (exact) mass is 323 g/mol. The summed E-state index contributed by atoms with van der Waals surface area (Å²) in [6, 6.07) is 14.5. The normalized spacial score (nSPS) is 10.1. The molecule has 0 radical (unpaired) electrons. The van der Waals surface area contributed by atoms with E-state index < -0.39 is 0 Å². The molecule has 0 bridgehead atoms. The third kappa shape index (κ3) is 4.35. The molecule has 0 fully saturated rings. The fraction of sp³-hybridized carbons (Fsp3) is 0.133. The molecule has 2 aromatic carbocycles. The maximum Gasteiger partial charge on any atom is 0.119 e. The largest absolute Gasteiger partial charge is 0.493 e. The Balaban J connectivity index is 1.81. The summed E-state index contributed by atoms with van der Waals surface area (Å²) in [5, 5.41) is 10.1. The second kappa shape index (κ2) is 7.44. The van der Waals surface area contributed by atoms with Gasteiger partial charge in [0, 0.05) is 15.7 Å². The molecule has 0 amide bonds. The van der Waals surface area contributed by atoms with Gasteiger partial charge < -0.3 is 4.74 Å². The zero-order chi connectivity index (χ0) is 14.4. The van der Waals surface area contributed by atoms with E-state index in [1.54, 1.807) is 48.2 Å². The molecule has 102 valence electrons. The molecule has 0 saturated carbocycles. The molecule has 0 atom stereocenters. The number of hydrogen-bond acceptors (Lipinski definition) is 3. The molecule has 0 unspecified atom stereocenters. The highest BCUT2D eigenvalue weighted by atomic mass is 35.5. The van der Waals surface area contributed by atoms with Crippen LogP contribution in [0.2, 0.25) is 10.0 Å². The van der Waals surface area contributed by atoms with Crippen LogP contribution in [0, 0.1) is 11.3 Å². The summed E-state index contributed by atoms with van der Waals surface area (Å²) >= 11 is 13.6. The van der Waals surface area contributed by atoms with Crippen LogP contribution in [0.15, 0.2) is 47.4 Å². The van der Waals surface area contributed by atoms with Gasteiger partial charge in [0.05, 0.1) is 23.3 Å². The first-order valence-corrected chi connectivity index (χ1v) is 7.64. The van der Waals surface area contributed by atoms with Gasteiger partial charge in [0.25, 0.3) is 0 Å². The van der Waals surface area contributed by atoms with Gasteiger partial charge in [0.15, 0.2) is 0 Å². The number of nitriles is 1. The number of nitrogens with zero attached hydrogens (tertiary/aromatic N) is 1. The van der Waals surface area contributed by atoms with E-state index in [0.717, 1.165) is 16.4 Å². The first-order valence-electron chi connectivity index (χ1n) is 5.90. The number of benzene rings is 2. The van der Waals surface area contributed by atoms with Crippen LogP contribution in [-0.4, -0.2) is 12.4 Å². The van der Waals surface area contributed by atoms with Gasteiger partial charge in [-0.25, -0.2) is 0 Å². The molecular formula is C15H11Cl2NOS. The molecule has 0 spiro atoms. The smallest absolute Gasteiger partial charge is 0.119 e. The molecule has 0 N–H and O–H groups in total. The predicted molar refractivity (Wildman–Crippen MR) is 83.8 cm³/mol. The van der Waals surface area contributed by atoms with Crippen molar-refractivity contribution in [2.45, 2.75) is 4.90 Å². The lowest BCUT2D eigenvalue weighted by Gasteiger charge is -2.07. The van der Waals surface area contributed by atoms with Crippen LogP contribution in [0.5, 0.6) is 5.75 Å². The quantitative estimate of drug-likeness (QED) is 0.571. The van der Waals surface area contributed by atoms with Gasteiger partial charge in [0.2, 0.25) is 0 Å². The Labute approximate surface area is 132 Å². The fourth-order valence-electron chi connectivity index (χ4n) is 1.52. The van der Waals surface area contributed by atoms with E-state index in [0.29, 0.717) is 22.2 Å². The zero-order valence-corrected chi connectivity index (χ0v) is 12.8. The average Bonchev–Trinajstić information content (AvgIpc) is 2.47. The number of thioether (sulfide) groups is 1. The van der Waals surface area contributed by atoms with Crippen LogP contribution >= 0.6 is 35.0 Å². The minimum atomic E-state index is 0.555. The fourth-order valence-corrected chi connectivity index (χ4v) is 2.85. The third-order valence-electron chi connectivity index (χ3n) is 2.49. The highest BCUT2D eigenvalue weighted by Crippen LogP contribution is 2.29. The van der Waals surface area contributed by atoms with E-state index in [-0.39, 0.29) is 0 Å². The predicted octanol–water partition coefficient (Wildman–Crippen LogP) is 5.04. The topological polar surface area (TPSA) is 33.0 Å². The third-order valence-corrected chi connectivity index (χ3v) is 4.18. The van der Waals surface area contributed by atoms with E-state index in [9.17, 15) is 0 Å². The Bertz CT molecular complexity index is 623. The number of ether oxygens (including phenoxy) is 1. The molecule has 2 aromatic rings. The van der Waals surface area contributed by atoms with Crippen molar-refractivity contribution in [2.24, 2.45) is 0 Å². The van der Waals surface area contributed by atoms with Crippen LogP contribution in [0.1, 0.15) is 5.56 Å². The number of rotatable bonds is 5. The average molecular weight is 324 g/mol. The number of halogens is 2. The molecule has 2 nitrogen and oxygen atoms in total. The van der Waals surface area contributed by atoms with Gasteiger partial charge in [-0.1, -0.05) is 23.2 Å². The van der Waals surface area contributed by atoms with E-state index >= 15 is 0 Å². The Morgan fingerprint density at radius 2 is 1.85 bits per heavy atom. The Morgan fingerprint density at radius 1 is 1.10 bits per heavy atom. The second-order valence-electron chi connectivity index (χ2n) is 3.91. The molecule has 0 aliphatic carbocycles. The molecule has 0 heterocycles. The van der Waals surface area contributed by atoms with Crippen molar-refractivity contribution >= 4 is 35.0 Å². The highest BCUT2D eigenvalue weighted by Gasteiger charge is 2.02. The lowest BCUT2D eigenvalue weighted by atomic mass is 10.2. The summed E-state index contributed by atoms with van der Waals surface area (Å²) in [7, 11) is 0. The van der Waals surface area contributed by atoms with Crippen molar-refractivity contribution in [3.05, 3.63) is 58.1 Å². The maximum atomic E-state index is 8.70. The Hall–Kier alpha value is -1.34. The van der Waals surface area contributed by atoms with Crippen molar-refractivity contribution in [3.63, 3.8) is 0 Å². The van der Waals surface area contributed by atoms with Crippen molar-refractivity contribution in [2.75, 3.05) is 12.4 Å². The molecule has 0 aromatic heterocycles. The van der Waals surface area contributed by atoms with Crippen molar-refractivity contribution in [3.8, 4) is 11.8 Å². The van der Waals surface area contributed by atoms with Crippen LogP contribution in [-0.2, 0) is 0 Å². The van der Waals surface area contributed by atoms with Crippen LogP contribution in [0.3, 0.4) is 0 Å². The molecule has 20 heavy (non-hydrogen) atoms. The van der Waals surface area contributed by atoms with Crippen LogP contribution < -0.4 is 4.74 Å². The first kappa shape index (κ1) is 15.1. The van der Waals surface area contributed by atoms with Gasteiger partial charge >= 0.3 is 0 Å². The molecule has 2 rings (SSSR count). The van der Waals surface area contributed by atoms with E-state index in [1.165, 1.54) is 0 Å². The summed E-state index contributed by atoms with van der Waals surface area (Å²) < 4.78 is 5.59. The Morgan fingerprint density at radius 3 is 2.55 bits per heavy atom. The summed E-state index contributed by atoms with van der Waals surface area (Å²) in [6.45, 7) is 0.555. The second-order valence-corrected chi connectivity index (χ2v) is 5.89. The molecule has 0 aliphatic heterocycles. The lowest BCUT2D eigenvalue weighted by Crippen LogP contribution is -2.00. The van der Waals surface area contributed by atoms with E-state index in [4.69, 9.17) is 33.2 Å². The van der Waals surface area contributed by atoms with Crippen molar-refractivity contribution < 1.29 is 4.74 Å². The Kier molecular flexibility index (Phi) is 5.60. The summed E-state index contributed by atoms with van der Waals surface area (Å²) in [4.78, 5) is 0.947. The van der Waals surface area contributed by atoms with Gasteiger partial charge in [0.1, 0.15) is 5.75 Å². The minimum absolute atomic E-state index is 0.555. The van der Waals surface area contributed by atoms with Crippen LogP contribution in [0.4, 0.5) is 0 Å². The summed E-state index contributed by atoms with van der Waals surface area (Å²) in [6.07, 6.45) is 0. The van der Waals surface area contributed by atoms with E-state index in [2.05, 4.69) is 6.07 Å². The van der Waals surface area contributed by atoms with Crippen molar-refractivity contribution in [1.29, 1.82) is 5.26 Å². The first-order chi connectivity index (χ1) is 9.69. The molecule has 0 aliphatic rings. The molecule has 5 heteroatoms. The van der Waals surface area contributed by atoms with Gasteiger partial charge in [-0.15, -0.1) is 11.8 Å². The lowest BCUT2D eigenvalue weighted by molar-refractivity contribution is 0.344. The summed E-state index contributed by atoms with van der Waals surface area (Å²) in [5.74, 6) is 1.52. The highest BCUT2D eigenvalue weighted by molar-refractivity contribution is 7.99. The van der Waals surface area contributed by atoms with Crippen LogP contribution in [0.25, 0.3) is 0 Å².